The van der Waals surface area contributed by atoms with E-state index in [1.165, 1.54) is 12.3 Å². The molecule has 0 spiro atoms. The summed E-state index contributed by atoms with van der Waals surface area (Å²) in [6.07, 6.45) is 3.97. The van der Waals surface area contributed by atoms with Crippen molar-refractivity contribution in [2.24, 2.45) is 5.92 Å². The Balaban J connectivity index is 1.20. The van der Waals surface area contributed by atoms with Crippen molar-refractivity contribution in [2.75, 3.05) is 87.7 Å². The van der Waals surface area contributed by atoms with Crippen LogP contribution >= 0.6 is 0 Å². The second kappa shape index (κ2) is 14.8. The monoisotopic (exact) mass is 614 g/mol. The van der Waals surface area contributed by atoms with E-state index in [1.54, 1.807) is 13.0 Å². The Morgan fingerprint density at radius 2 is 1.61 bits per heavy atom. The zero-order chi connectivity index (χ0) is 31.1. The molecular formula is C29H40F2N10O3. The van der Waals surface area contributed by atoms with E-state index >= 15 is 0 Å². The summed E-state index contributed by atoms with van der Waals surface area (Å²) in [7, 11) is 0. The fourth-order valence-electron chi connectivity index (χ4n) is 5.79. The van der Waals surface area contributed by atoms with E-state index in [0.29, 0.717) is 70.3 Å². The van der Waals surface area contributed by atoms with E-state index in [1.807, 2.05) is 9.80 Å². The van der Waals surface area contributed by atoms with Crippen LogP contribution in [-0.2, 0) is 14.3 Å². The number of piperazine rings is 1. The molecule has 0 radical (unpaired) electrons. The topological polar surface area (TPSA) is 147 Å². The van der Waals surface area contributed by atoms with Gasteiger partial charge in [0.25, 0.3) is 6.43 Å². The van der Waals surface area contributed by atoms with Gasteiger partial charge in [-0.1, -0.05) is 6.08 Å². The summed E-state index contributed by atoms with van der Waals surface area (Å²) in [5.74, 6) is 1.20. The number of aromatic nitrogens is 5. The summed E-state index contributed by atoms with van der Waals surface area (Å²) in [6.45, 7) is 9.30. The summed E-state index contributed by atoms with van der Waals surface area (Å²) in [6, 6.07) is 0. The molecule has 238 valence electrons. The molecule has 5 heterocycles. The molecule has 0 unspecified atom stereocenters. The van der Waals surface area contributed by atoms with Crippen LogP contribution in [0.1, 0.15) is 44.7 Å². The number of amides is 1. The maximum Gasteiger partial charge on any atom is 0.281 e. The number of rotatable bonds is 10. The summed E-state index contributed by atoms with van der Waals surface area (Å²) < 4.78 is 33.3. The largest absolute Gasteiger partial charge is 0.378 e. The third-order valence-electron chi connectivity index (χ3n) is 8.27. The molecule has 5 rings (SSSR count). The maximum atomic E-state index is 13.9. The standard InChI is InChI=1S/C29H40F2N10O3/c1-2-3-21(42)4-5-23(43)39-8-6-20(7-9-39)19-38-10-12-40(13-11-38)28-35-26(22-18-33-27(32)34-24(22)25(30)31)36-29(37-28)41-14-16-44-17-15-41/h2-3,18,20,25H,4-17,19H2,1H3,(H2,32,33,34)/b3-2+. The van der Waals surface area contributed by atoms with E-state index in [-0.39, 0.29) is 41.9 Å². The van der Waals surface area contributed by atoms with Crippen molar-refractivity contribution in [1.29, 1.82) is 0 Å². The molecule has 13 nitrogen and oxygen atoms in total. The Bertz CT molecular complexity index is 1320. The van der Waals surface area contributed by atoms with Crippen molar-refractivity contribution in [3.05, 3.63) is 24.0 Å². The molecule has 3 saturated heterocycles. The number of nitrogens with two attached hydrogens (primary N) is 1. The molecule has 3 aliphatic rings. The molecule has 2 aromatic heterocycles. The van der Waals surface area contributed by atoms with Gasteiger partial charge in [-0.15, -0.1) is 0 Å². The number of nitrogen functional groups attached to an aromatic ring is 1. The van der Waals surface area contributed by atoms with Gasteiger partial charge in [0.2, 0.25) is 23.8 Å². The van der Waals surface area contributed by atoms with Crippen LogP contribution in [0, 0.1) is 5.92 Å². The maximum absolute atomic E-state index is 13.9. The highest BCUT2D eigenvalue weighted by atomic mass is 19.3. The number of ketones is 1. The molecule has 0 aromatic carbocycles. The highest BCUT2D eigenvalue weighted by Crippen LogP contribution is 2.30. The van der Waals surface area contributed by atoms with Gasteiger partial charge in [-0.3, -0.25) is 14.5 Å². The highest BCUT2D eigenvalue weighted by Gasteiger charge is 2.28. The van der Waals surface area contributed by atoms with Gasteiger partial charge in [-0.25, -0.2) is 18.7 Å². The van der Waals surface area contributed by atoms with E-state index < -0.39 is 12.1 Å². The third-order valence-corrected chi connectivity index (χ3v) is 8.27. The molecule has 2 aromatic rings. The molecule has 2 N–H and O–H groups in total. The molecule has 0 bridgehead atoms. The minimum atomic E-state index is -2.87. The number of likely N-dealkylation sites (tertiary alicyclic amines) is 1. The number of hydrogen-bond acceptors (Lipinski definition) is 12. The SMILES string of the molecule is C/C=C/C(=O)CCC(=O)N1CCC(CN2CCN(c3nc(-c4cnc(N)nc4C(F)F)nc(N4CCOCC4)n3)CC2)CC1. The Morgan fingerprint density at radius 3 is 2.25 bits per heavy atom. The number of carbonyl (C=O) groups excluding carboxylic acids is 2. The number of carbonyl (C=O) groups is 2. The normalized spacial score (nSPS) is 18.9. The summed E-state index contributed by atoms with van der Waals surface area (Å²) >= 11 is 0. The second-order valence-electron chi connectivity index (χ2n) is 11.3. The van der Waals surface area contributed by atoms with Gasteiger partial charge >= 0.3 is 0 Å². The molecule has 0 aliphatic carbocycles. The van der Waals surface area contributed by atoms with Crippen LogP contribution in [0.3, 0.4) is 0 Å². The van der Waals surface area contributed by atoms with Crippen LogP contribution in [0.2, 0.25) is 0 Å². The van der Waals surface area contributed by atoms with Crippen molar-refractivity contribution in [3.8, 4) is 11.4 Å². The van der Waals surface area contributed by atoms with Crippen molar-refractivity contribution in [1.82, 2.24) is 34.7 Å². The summed E-state index contributed by atoms with van der Waals surface area (Å²) in [5, 5.41) is 0. The number of hydrogen-bond donors (Lipinski definition) is 1. The quantitative estimate of drug-likeness (QED) is 0.390. The van der Waals surface area contributed by atoms with Crippen LogP contribution in [0.5, 0.6) is 0 Å². The lowest BCUT2D eigenvalue weighted by molar-refractivity contribution is -0.134. The Kier molecular flexibility index (Phi) is 10.6. The van der Waals surface area contributed by atoms with Gasteiger partial charge in [-0.2, -0.15) is 15.0 Å². The van der Waals surface area contributed by atoms with Crippen LogP contribution in [0.15, 0.2) is 18.3 Å². The minimum absolute atomic E-state index is 0.0160. The van der Waals surface area contributed by atoms with Crippen LogP contribution in [-0.4, -0.2) is 119 Å². The first kappa shape index (κ1) is 31.6. The lowest BCUT2D eigenvalue weighted by Gasteiger charge is -2.39. The number of ether oxygens (including phenoxy) is 1. The number of nitrogens with zero attached hydrogens (tertiary/aromatic N) is 9. The Morgan fingerprint density at radius 1 is 0.955 bits per heavy atom. The van der Waals surface area contributed by atoms with Gasteiger partial charge in [0.05, 0.1) is 18.8 Å². The van der Waals surface area contributed by atoms with Gasteiger partial charge < -0.3 is 25.2 Å². The zero-order valence-electron chi connectivity index (χ0n) is 25.1. The Hall–Kier alpha value is -3.85. The molecule has 3 aliphatic heterocycles. The lowest BCUT2D eigenvalue weighted by Crippen LogP contribution is -2.49. The van der Waals surface area contributed by atoms with E-state index in [4.69, 9.17) is 15.5 Å². The van der Waals surface area contributed by atoms with Crippen LogP contribution in [0.4, 0.5) is 26.6 Å². The molecular weight excluding hydrogens is 574 g/mol. The number of anilines is 3. The number of allylic oxidation sites excluding steroid dienone is 2. The first-order valence-electron chi connectivity index (χ1n) is 15.2. The number of halogens is 2. The zero-order valence-corrected chi connectivity index (χ0v) is 25.1. The van der Waals surface area contributed by atoms with Gasteiger partial charge in [-0.05, 0) is 31.8 Å². The number of alkyl halides is 2. The third kappa shape index (κ3) is 8.00. The van der Waals surface area contributed by atoms with E-state index in [0.717, 1.165) is 32.5 Å². The first-order valence-corrected chi connectivity index (χ1v) is 15.2. The highest BCUT2D eigenvalue weighted by molar-refractivity contribution is 5.92. The van der Waals surface area contributed by atoms with Crippen molar-refractivity contribution < 1.29 is 23.1 Å². The minimum Gasteiger partial charge on any atom is -0.378 e. The van der Waals surface area contributed by atoms with Gasteiger partial charge in [0.15, 0.2) is 11.6 Å². The fourth-order valence-corrected chi connectivity index (χ4v) is 5.79. The Labute approximate surface area is 255 Å². The lowest BCUT2D eigenvalue weighted by atomic mass is 9.95. The molecule has 0 saturated carbocycles. The number of morpholine rings is 1. The average molecular weight is 615 g/mol. The molecule has 0 atom stereocenters. The van der Waals surface area contributed by atoms with Crippen LogP contribution < -0.4 is 15.5 Å². The predicted octanol–water partition coefficient (Wildman–Crippen LogP) is 1.97. The average Bonchev–Trinajstić information content (AvgIpc) is 3.04. The van der Waals surface area contributed by atoms with Crippen LogP contribution in [0.25, 0.3) is 11.4 Å². The molecule has 15 heteroatoms. The second-order valence-corrected chi connectivity index (χ2v) is 11.3. The predicted molar refractivity (Wildman–Crippen MR) is 160 cm³/mol. The van der Waals surface area contributed by atoms with E-state index in [2.05, 4.69) is 29.7 Å². The fraction of sp³-hybridized carbons (Fsp3) is 0.621. The summed E-state index contributed by atoms with van der Waals surface area (Å²) in [4.78, 5) is 54.2. The molecule has 44 heavy (non-hydrogen) atoms. The van der Waals surface area contributed by atoms with E-state index in [9.17, 15) is 18.4 Å². The molecule has 3 fully saturated rings. The van der Waals surface area contributed by atoms with Crippen molar-refractivity contribution >= 4 is 29.5 Å². The van der Waals surface area contributed by atoms with Gasteiger partial charge in [0, 0.05) is 77.9 Å². The van der Waals surface area contributed by atoms with Gasteiger partial charge in [0.1, 0.15) is 5.69 Å². The van der Waals surface area contributed by atoms with Crippen molar-refractivity contribution in [2.45, 2.75) is 39.0 Å². The smallest absolute Gasteiger partial charge is 0.281 e. The van der Waals surface area contributed by atoms with Crippen molar-refractivity contribution in [3.63, 3.8) is 0 Å². The number of piperidine rings is 1. The first-order chi connectivity index (χ1) is 21.3. The summed E-state index contributed by atoms with van der Waals surface area (Å²) in [5.41, 5.74) is 5.11. The molecule has 1 amide bonds.